The maximum Gasteiger partial charge on any atom is 0.280 e. The van der Waals surface area contributed by atoms with Crippen molar-refractivity contribution in [3.05, 3.63) is 50.6 Å². The number of carbonyl (C=O) groups is 2. The molecule has 2 aliphatic rings. The molecule has 9 nitrogen and oxygen atoms in total. The largest absolute Gasteiger partial charge is 0.379 e. The van der Waals surface area contributed by atoms with E-state index in [2.05, 4.69) is 32.5 Å². The molecule has 0 spiro atoms. The summed E-state index contributed by atoms with van der Waals surface area (Å²) in [4.78, 5) is 37.5. The fraction of sp³-hybridized carbons (Fsp3) is 0.480. The number of aromatic nitrogens is 2. The number of hydrogen-bond donors (Lipinski definition) is 3. The van der Waals surface area contributed by atoms with E-state index in [0.29, 0.717) is 28.6 Å². The van der Waals surface area contributed by atoms with Crippen molar-refractivity contribution in [3.8, 4) is 0 Å². The third-order valence-corrected chi connectivity index (χ3v) is 8.37. The molecular formula is C25H30ClN5O4S. The van der Waals surface area contributed by atoms with Crippen molar-refractivity contribution >= 4 is 45.7 Å². The number of rotatable bonds is 6. The Bertz CT molecular complexity index is 1280. The average molecular weight is 532 g/mol. The smallest absolute Gasteiger partial charge is 0.280 e. The molecular weight excluding hydrogens is 502 g/mol. The van der Waals surface area contributed by atoms with E-state index >= 15 is 0 Å². The molecule has 36 heavy (non-hydrogen) atoms. The van der Waals surface area contributed by atoms with Crippen molar-refractivity contribution in [2.24, 2.45) is 0 Å². The molecule has 2 aromatic heterocycles. The molecule has 0 radical (unpaired) electrons. The van der Waals surface area contributed by atoms with Crippen molar-refractivity contribution in [3.63, 3.8) is 0 Å². The van der Waals surface area contributed by atoms with Crippen LogP contribution >= 0.6 is 22.9 Å². The van der Waals surface area contributed by atoms with Gasteiger partial charge < -0.3 is 30.0 Å². The van der Waals surface area contributed by atoms with Gasteiger partial charge in [0.2, 0.25) is 0 Å². The number of hydrogen-bond acceptors (Lipinski definition) is 7. The monoisotopic (exact) mass is 531 g/mol. The maximum absolute atomic E-state index is 13.2. The van der Waals surface area contributed by atoms with Crippen LogP contribution in [0.5, 0.6) is 0 Å². The molecule has 4 atom stereocenters. The van der Waals surface area contributed by atoms with E-state index in [1.165, 1.54) is 11.3 Å². The average Bonchev–Trinajstić information content (AvgIpc) is 3.48. The minimum atomic E-state index is -0.353. The lowest BCUT2D eigenvalue weighted by Crippen LogP contribution is -2.59. The standard InChI is InChI=1S/C25H30ClN5O4S/c1-31-7-6-16-22(12-31)36-25(30-16)24(33)29-18-11-21(35-3)20(34-2)10-17(18)28-23(32)19-9-13-8-14(26)4-5-15(13)27-19/h4-5,8-9,17-18,20-21,27H,6-7,10-12H2,1-3H3,(H,28,32)(H,29,33)/t17?,18?,20-,21?/m0/s1. The lowest BCUT2D eigenvalue weighted by atomic mass is 9.85. The van der Waals surface area contributed by atoms with Crippen LogP contribution in [0.4, 0.5) is 0 Å². The predicted molar refractivity (Wildman–Crippen MR) is 139 cm³/mol. The molecule has 0 saturated heterocycles. The molecule has 5 rings (SSSR count). The van der Waals surface area contributed by atoms with Gasteiger partial charge in [0.15, 0.2) is 5.01 Å². The van der Waals surface area contributed by atoms with Crippen LogP contribution in [-0.2, 0) is 22.4 Å². The summed E-state index contributed by atoms with van der Waals surface area (Å²) >= 11 is 7.53. The number of methoxy groups -OCH3 is 2. The zero-order valence-electron chi connectivity index (χ0n) is 20.5. The van der Waals surface area contributed by atoms with E-state index in [9.17, 15) is 9.59 Å². The molecule has 3 unspecified atom stereocenters. The molecule has 192 valence electrons. The Hall–Kier alpha value is -2.50. The second-order valence-corrected chi connectivity index (χ2v) is 11.0. The van der Waals surface area contributed by atoms with Crippen LogP contribution in [0.15, 0.2) is 24.3 Å². The van der Waals surface area contributed by atoms with Crippen molar-refractivity contribution in [1.29, 1.82) is 0 Å². The number of ether oxygens (including phenoxy) is 2. The SMILES string of the molecule is COC1CC(NC(=O)c2nc3c(s2)CN(C)CC3)C(NC(=O)c2cc3cc(Cl)ccc3[nH]2)C[C@@H]1OC. The predicted octanol–water partition coefficient (Wildman–Crippen LogP) is 2.99. The van der Waals surface area contributed by atoms with Crippen LogP contribution < -0.4 is 10.6 Å². The first-order valence-electron chi connectivity index (χ1n) is 12.0. The fourth-order valence-corrected chi connectivity index (χ4v) is 6.34. The van der Waals surface area contributed by atoms with E-state index in [4.69, 9.17) is 21.1 Å². The minimum absolute atomic E-state index is 0.207. The second-order valence-electron chi connectivity index (χ2n) is 9.47. The van der Waals surface area contributed by atoms with Crippen molar-refractivity contribution in [2.75, 3.05) is 27.8 Å². The maximum atomic E-state index is 13.2. The normalized spacial score (nSPS) is 24.4. The third kappa shape index (κ3) is 5.14. The van der Waals surface area contributed by atoms with Crippen molar-refractivity contribution < 1.29 is 19.1 Å². The fourth-order valence-electron chi connectivity index (χ4n) is 5.07. The van der Waals surface area contributed by atoms with Crippen molar-refractivity contribution in [1.82, 2.24) is 25.5 Å². The van der Waals surface area contributed by atoms with Gasteiger partial charge in [0.25, 0.3) is 11.8 Å². The molecule has 2 amide bonds. The van der Waals surface area contributed by atoms with E-state index in [-0.39, 0.29) is 36.1 Å². The van der Waals surface area contributed by atoms with E-state index in [0.717, 1.165) is 41.0 Å². The summed E-state index contributed by atoms with van der Waals surface area (Å²) in [5.74, 6) is -0.489. The number of H-pyrrole nitrogens is 1. The second kappa shape index (κ2) is 10.5. The molecule has 3 heterocycles. The molecule has 1 saturated carbocycles. The Morgan fingerprint density at radius 2 is 1.81 bits per heavy atom. The Morgan fingerprint density at radius 1 is 1.11 bits per heavy atom. The molecule has 1 aliphatic heterocycles. The van der Waals surface area contributed by atoms with E-state index in [1.54, 1.807) is 26.4 Å². The van der Waals surface area contributed by atoms with E-state index in [1.807, 2.05) is 12.1 Å². The van der Waals surface area contributed by atoms with Crippen LogP contribution in [0.2, 0.25) is 5.02 Å². The first-order chi connectivity index (χ1) is 17.3. The Labute approximate surface area is 218 Å². The van der Waals surface area contributed by atoms with Gasteiger partial charge in [-0.05, 0) is 44.2 Å². The van der Waals surface area contributed by atoms with Crippen LogP contribution in [0, 0.1) is 0 Å². The van der Waals surface area contributed by atoms with Gasteiger partial charge in [0.05, 0.1) is 30.0 Å². The molecule has 0 bridgehead atoms. The summed E-state index contributed by atoms with van der Waals surface area (Å²) in [5.41, 5.74) is 2.26. The van der Waals surface area contributed by atoms with Crippen molar-refractivity contribution in [2.45, 2.75) is 50.1 Å². The summed E-state index contributed by atoms with van der Waals surface area (Å²) in [5, 5.41) is 8.14. The van der Waals surface area contributed by atoms with Gasteiger partial charge >= 0.3 is 0 Å². The summed E-state index contributed by atoms with van der Waals surface area (Å²) in [7, 11) is 5.33. The number of fused-ring (bicyclic) bond motifs is 2. The van der Waals surface area contributed by atoms with Crippen LogP contribution in [-0.4, -0.2) is 78.8 Å². The first-order valence-corrected chi connectivity index (χ1v) is 13.2. The van der Waals surface area contributed by atoms with Gasteiger partial charge in [-0.3, -0.25) is 9.59 Å². The van der Waals surface area contributed by atoms with Gasteiger partial charge in [0, 0.05) is 54.5 Å². The number of aromatic amines is 1. The first kappa shape index (κ1) is 25.2. The molecule has 3 aromatic rings. The van der Waals surface area contributed by atoms with Crippen LogP contribution in [0.1, 0.15) is 43.7 Å². The van der Waals surface area contributed by atoms with Gasteiger partial charge in [-0.15, -0.1) is 11.3 Å². The molecule has 1 aromatic carbocycles. The van der Waals surface area contributed by atoms with Gasteiger partial charge in [-0.2, -0.15) is 0 Å². The number of halogens is 1. The summed E-state index contributed by atoms with van der Waals surface area (Å²) < 4.78 is 11.3. The number of likely N-dealkylation sites (N-methyl/N-ethyl adjacent to an activating group) is 1. The Balaban J connectivity index is 1.34. The number of carbonyl (C=O) groups excluding carboxylic acids is 2. The number of thiazole rings is 1. The quantitative estimate of drug-likeness (QED) is 0.451. The Kier molecular flexibility index (Phi) is 7.32. The molecule has 1 fully saturated rings. The summed E-state index contributed by atoms with van der Waals surface area (Å²) in [6, 6.07) is 6.50. The number of nitrogens with one attached hydrogen (secondary N) is 3. The topological polar surface area (TPSA) is 109 Å². The molecule has 11 heteroatoms. The summed E-state index contributed by atoms with van der Waals surface area (Å²) in [6.07, 6.45) is 1.42. The zero-order valence-corrected chi connectivity index (χ0v) is 22.0. The molecule has 1 aliphatic carbocycles. The summed E-state index contributed by atoms with van der Waals surface area (Å²) in [6.45, 7) is 1.74. The van der Waals surface area contributed by atoms with Crippen LogP contribution in [0.3, 0.4) is 0 Å². The highest BCUT2D eigenvalue weighted by Crippen LogP contribution is 2.28. The highest BCUT2D eigenvalue weighted by atomic mass is 35.5. The number of nitrogens with zero attached hydrogens (tertiary/aromatic N) is 2. The third-order valence-electron chi connectivity index (χ3n) is 7.06. The van der Waals surface area contributed by atoms with Crippen LogP contribution in [0.25, 0.3) is 10.9 Å². The highest BCUT2D eigenvalue weighted by Gasteiger charge is 2.40. The zero-order chi connectivity index (χ0) is 25.4. The highest BCUT2D eigenvalue weighted by molar-refractivity contribution is 7.13. The van der Waals surface area contributed by atoms with Gasteiger partial charge in [0.1, 0.15) is 5.69 Å². The Morgan fingerprint density at radius 3 is 2.50 bits per heavy atom. The molecule has 3 N–H and O–H groups in total. The van der Waals surface area contributed by atoms with Gasteiger partial charge in [-0.25, -0.2) is 4.98 Å². The lowest BCUT2D eigenvalue weighted by Gasteiger charge is -2.40. The lowest BCUT2D eigenvalue weighted by molar-refractivity contribution is -0.0709. The van der Waals surface area contributed by atoms with Gasteiger partial charge in [-0.1, -0.05) is 11.6 Å². The minimum Gasteiger partial charge on any atom is -0.379 e. The number of benzene rings is 1. The number of amides is 2. The van der Waals surface area contributed by atoms with E-state index < -0.39 is 0 Å².